The molecule has 0 aliphatic carbocycles. The van der Waals surface area contributed by atoms with Gasteiger partial charge in [0, 0.05) is 24.4 Å². The van der Waals surface area contributed by atoms with Crippen molar-refractivity contribution in [2.45, 2.75) is 6.10 Å². The van der Waals surface area contributed by atoms with Crippen molar-refractivity contribution in [3.8, 4) is 22.6 Å². The van der Waals surface area contributed by atoms with Gasteiger partial charge in [-0.2, -0.15) is 4.98 Å². The van der Waals surface area contributed by atoms with Gasteiger partial charge in [-0.05, 0) is 24.3 Å². The van der Waals surface area contributed by atoms with Crippen LogP contribution in [0.15, 0.2) is 47.4 Å². The number of benzene rings is 1. The number of rotatable bonds is 4. The van der Waals surface area contributed by atoms with E-state index in [1.807, 2.05) is 0 Å². The van der Waals surface area contributed by atoms with Gasteiger partial charge in [-0.25, -0.2) is 9.18 Å². The van der Waals surface area contributed by atoms with Crippen LogP contribution in [-0.2, 0) is 9.53 Å². The Kier molecular flexibility index (Phi) is 4.44. The smallest absolute Gasteiger partial charge is 0.415 e. The third kappa shape index (κ3) is 3.15. The summed E-state index contributed by atoms with van der Waals surface area (Å²) in [5.41, 5.74) is 1.65. The number of halogens is 1. The maximum absolute atomic E-state index is 14.7. The summed E-state index contributed by atoms with van der Waals surface area (Å²) in [6.45, 7) is 0.0121. The monoisotopic (exact) mass is 383 g/mol. The Hall–Kier alpha value is -3.82. The predicted molar refractivity (Wildman–Crippen MR) is 94.6 cm³/mol. The van der Waals surface area contributed by atoms with Crippen LogP contribution in [0.3, 0.4) is 0 Å². The molecule has 142 valence electrons. The molecule has 1 aliphatic rings. The number of amides is 2. The van der Waals surface area contributed by atoms with Crippen LogP contribution in [0.2, 0.25) is 0 Å². The molecule has 1 saturated heterocycles. The maximum Gasteiger partial charge on any atom is 0.415 e. The second kappa shape index (κ2) is 7.06. The summed E-state index contributed by atoms with van der Waals surface area (Å²) < 4.78 is 24.4. The van der Waals surface area contributed by atoms with Crippen molar-refractivity contribution in [3.05, 3.63) is 48.7 Å². The lowest BCUT2D eigenvalue weighted by molar-refractivity contribution is -0.127. The Labute approximate surface area is 158 Å². The molecule has 1 fully saturated rings. The minimum Gasteiger partial charge on any atom is -0.434 e. The summed E-state index contributed by atoms with van der Waals surface area (Å²) in [5.74, 6) is -0.621. The number of ether oxygens (including phenoxy) is 1. The van der Waals surface area contributed by atoms with Crippen LogP contribution in [0.5, 0.6) is 0 Å². The lowest BCUT2D eigenvalue weighted by Crippen LogP contribution is -2.35. The maximum atomic E-state index is 14.7. The predicted octanol–water partition coefficient (Wildman–Crippen LogP) is 2.01. The van der Waals surface area contributed by atoms with Crippen LogP contribution in [-0.4, -0.2) is 46.8 Å². The normalized spacial score (nSPS) is 16.1. The molecule has 3 aromatic rings. The third-order valence-electron chi connectivity index (χ3n) is 4.28. The Morgan fingerprint density at radius 3 is 2.79 bits per heavy atom. The Bertz CT molecular complexity index is 1020. The van der Waals surface area contributed by atoms with Crippen LogP contribution in [0, 0.1) is 5.82 Å². The van der Waals surface area contributed by atoms with Crippen molar-refractivity contribution in [1.29, 1.82) is 0 Å². The van der Waals surface area contributed by atoms with Gasteiger partial charge in [0.05, 0.1) is 12.2 Å². The molecular weight excluding hydrogens is 369 g/mol. The number of carbonyl (C=O) groups excluding carboxylic acids is 2. The zero-order valence-electron chi connectivity index (χ0n) is 14.6. The first-order chi connectivity index (χ1) is 13.6. The van der Waals surface area contributed by atoms with E-state index < -0.39 is 23.9 Å². The number of hydrogen-bond acceptors (Lipinski definition) is 7. The van der Waals surface area contributed by atoms with Gasteiger partial charge >= 0.3 is 6.09 Å². The first kappa shape index (κ1) is 17.6. The topological polar surface area (TPSA) is 110 Å². The molecule has 0 unspecified atom stereocenters. The largest absolute Gasteiger partial charge is 0.434 e. The first-order valence-corrected chi connectivity index (χ1v) is 8.29. The fraction of sp³-hybridized carbons (Fsp3) is 0.167. The SMILES string of the molecule is CNC(=O)[C@H]1CN(c2ccc(-c3ccc(-c4ncon4)nc3)c(F)c2)C(=O)O1. The number of anilines is 1. The Balaban J connectivity index is 1.57. The number of aromatic nitrogens is 3. The molecule has 0 saturated carbocycles. The molecule has 1 aromatic carbocycles. The highest BCUT2D eigenvalue weighted by molar-refractivity contribution is 5.95. The third-order valence-corrected chi connectivity index (χ3v) is 4.28. The van der Waals surface area contributed by atoms with Crippen LogP contribution >= 0.6 is 0 Å². The van der Waals surface area contributed by atoms with Gasteiger partial charge in [-0.3, -0.25) is 14.7 Å². The van der Waals surface area contributed by atoms with Gasteiger partial charge in [0.2, 0.25) is 12.2 Å². The quantitative estimate of drug-likeness (QED) is 0.734. The van der Waals surface area contributed by atoms with Crippen molar-refractivity contribution in [1.82, 2.24) is 20.4 Å². The van der Waals surface area contributed by atoms with E-state index in [1.165, 1.54) is 36.7 Å². The average molecular weight is 383 g/mol. The highest BCUT2D eigenvalue weighted by Gasteiger charge is 2.36. The van der Waals surface area contributed by atoms with Crippen molar-refractivity contribution in [2.75, 3.05) is 18.5 Å². The molecule has 28 heavy (non-hydrogen) atoms. The number of likely N-dealkylation sites (N-methyl/N-ethyl adjacent to an activating group) is 1. The molecule has 10 heteroatoms. The van der Waals surface area contributed by atoms with E-state index in [2.05, 4.69) is 25.0 Å². The molecule has 4 rings (SSSR count). The second-order valence-corrected chi connectivity index (χ2v) is 5.95. The van der Waals surface area contributed by atoms with Crippen molar-refractivity contribution >= 4 is 17.7 Å². The summed E-state index contributed by atoms with van der Waals surface area (Å²) in [4.78, 5) is 33.0. The van der Waals surface area contributed by atoms with E-state index in [9.17, 15) is 14.0 Å². The van der Waals surface area contributed by atoms with Crippen LogP contribution in [0.25, 0.3) is 22.6 Å². The van der Waals surface area contributed by atoms with Crippen LogP contribution < -0.4 is 10.2 Å². The molecule has 9 nitrogen and oxygen atoms in total. The molecule has 2 amide bonds. The van der Waals surface area contributed by atoms with E-state index in [0.29, 0.717) is 28.3 Å². The van der Waals surface area contributed by atoms with Gasteiger partial charge in [-0.15, -0.1) is 0 Å². The van der Waals surface area contributed by atoms with Crippen molar-refractivity contribution in [3.63, 3.8) is 0 Å². The number of carbonyl (C=O) groups is 2. The van der Waals surface area contributed by atoms with Gasteiger partial charge < -0.3 is 14.6 Å². The molecule has 0 spiro atoms. The minimum absolute atomic E-state index is 0.0121. The molecule has 0 radical (unpaired) electrons. The standard InChI is InChI=1S/C18H14FN5O4/c1-20-17(25)15-8-24(18(26)28-15)11-3-4-12(13(19)6-11)10-2-5-14(21-7-10)16-22-9-27-23-16/h2-7,9,15H,8H2,1H3,(H,20,25)/t15-/m1/s1. The summed E-state index contributed by atoms with van der Waals surface area (Å²) in [5, 5.41) is 6.11. The zero-order chi connectivity index (χ0) is 19.7. The van der Waals surface area contributed by atoms with Gasteiger partial charge in [-0.1, -0.05) is 11.2 Å². The number of hydrogen-bond donors (Lipinski definition) is 1. The second-order valence-electron chi connectivity index (χ2n) is 5.95. The number of nitrogens with one attached hydrogen (secondary N) is 1. The van der Waals surface area contributed by atoms with Crippen LogP contribution in [0.1, 0.15) is 0 Å². The summed E-state index contributed by atoms with van der Waals surface area (Å²) in [6.07, 6.45) is 1.06. The molecule has 1 aliphatic heterocycles. The molecule has 2 aromatic heterocycles. The summed E-state index contributed by atoms with van der Waals surface area (Å²) >= 11 is 0. The first-order valence-electron chi connectivity index (χ1n) is 8.29. The van der Waals surface area contributed by atoms with E-state index in [-0.39, 0.29) is 6.54 Å². The van der Waals surface area contributed by atoms with Gasteiger partial charge in [0.25, 0.3) is 5.91 Å². The number of pyridine rings is 1. The number of nitrogens with zero attached hydrogens (tertiary/aromatic N) is 4. The zero-order valence-corrected chi connectivity index (χ0v) is 14.6. The molecular formula is C18H14FN5O4. The molecule has 0 bridgehead atoms. The van der Waals surface area contributed by atoms with E-state index >= 15 is 0 Å². The van der Waals surface area contributed by atoms with E-state index in [1.54, 1.807) is 18.2 Å². The lowest BCUT2D eigenvalue weighted by atomic mass is 10.1. The van der Waals surface area contributed by atoms with Crippen molar-refractivity contribution < 1.29 is 23.2 Å². The Morgan fingerprint density at radius 1 is 1.29 bits per heavy atom. The molecule has 1 atom stereocenters. The Morgan fingerprint density at radius 2 is 2.14 bits per heavy atom. The lowest BCUT2D eigenvalue weighted by Gasteiger charge is -2.14. The highest BCUT2D eigenvalue weighted by atomic mass is 19.1. The summed E-state index contributed by atoms with van der Waals surface area (Å²) in [7, 11) is 1.45. The van der Waals surface area contributed by atoms with Gasteiger partial charge in [0.15, 0.2) is 6.10 Å². The highest BCUT2D eigenvalue weighted by Crippen LogP contribution is 2.29. The van der Waals surface area contributed by atoms with Gasteiger partial charge in [0.1, 0.15) is 11.5 Å². The minimum atomic E-state index is -0.929. The van der Waals surface area contributed by atoms with E-state index in [4.69, 9.17) is 4.74 Å². The molecule has 1 N–H and O–H groups in total. The van der Waals surface area contributed by atoms with E-state index in [0.717, 1.165) is 0 Å². The fourth-order valence-corrected chi connectivity index (χ4v) is 2.85. The summed E-state index contributed by atoms with van der Waals surface area (Å²) in [6, 6.07) is 7.67. The number of cyclic esters (lactones) is 1. The van der Waals surface area contributed by atoms with Crippen LogP contribution in [0.4, 0.5) is 14.9 Å². The molecule has 3 heterocycles. The fourth-order valence-electron chi connectivity index (χ4n) is 2.85. The van der Waals surface area contributed by atoms with Crippen molar-refractivity contribution in [2.24, 2.45) is 0 Å². The average Bonchev–Trinajstić information content (AvgIpc) is 3.37.